The molecule has 112 valence electrons. The van der Waals surface area contributed by atoms with E-state index in [1.54, 1.807) is 0 Å². The number of sulfonamides is 1. The van der Waals surface area contributed by atoms with Gasteiger partial charge in [0.2, 0.25) is 10.0 Å². The van der Waals surface area contributed by atoms with E-state index in [1.165, 1.54) is 28.6 Å². The Morgan fingerprint density at radius 3 is 2.45 bits per heavy atom. The predicted molar refractivity (Wildman–Crippen MR) is 76.6 cm³/mol. The molecule has 0 bridgehead atoms. The van der Waals surface area contributed by atoms with Crippen LogP contribution >= 0.6 is 12.4 Å². The Labute approximate surface area is 123 Å². The van der Waals surface area contributed by atoms with Crippen LogP contribution in [0, 0.1) is 10.1 Å². The van der Waals surface area contributed by atoms with Crippen molar-refractivity contribution in [3.63, 3.8) is 0 Å². The molecular formula is C11H16ClN3O4S. The second kappa shape index (κ2) is 6.49. The predicted octanol–water partition coefficient (Wildman–Crippen LogP) is 0.999. The first-order valence-electron chi connectivity index (χ1n) is 5.89. The summed E-state index contributed by atoms with van der Waals surface area (Å²) in [5.41, 5.74) is -0.118. The smallest absolute Gasteiger partial charge is 0.269 e. The van der Waals surface area contributed by atoms with Gasteiger partial charge in [-0.15, -0.1) is 12.4 Å². The number of rotatable bonds is 3. The number of benzene rings is 1. The molecule has 9 heteroatoms. The van der Waals surface area contributed by atoms with Crippen molar-refractivity contribution in [2.75, 3.05) is 19.6 Å². The molecule has 1 heterocycles. The van der Waals surface area contributed by atoms with Gasteiger partial charge < -0.3 is 5.32 Å². The van der Waals surface area contributed by atoms with Crippen LogP contribution in [0.15, 0.2) is 29.2 Å². The van der Waals surface area contributed by atoms with Gasteiger partial charge in [-0.2, -0.15) is 4.31 Å². The minimum atomic E-state index is -3.57. The molecular weight excluding hydrogens is 306 g/mol. The van der Waals surface area contributed by atoms with Gasteiger partial charge in [0.15, 0.2) is 0 Å². The highest BCUT2D eigenvalue weighted by molar-refractivity contribution is 7.89. The van der Waals surface area contributed by atoms with Gasteiger partial charge in [0.05, 0.1) is 9.82 Å². The van der Waals surface area contributed by atoms with E-state index in [9.17, 15) is 18.5 Å². The molecule has 1 saturated heterocycles. The summed E-state index contributed by atoms with van der Waals surface area (Å²) in [6.07, 6.45) is 0. The lowest BCUT2D eigenvalue weighted by atomic mass is 10.3. The van der Waals surface area contributed by atoms with Crippen LogP contribution in [0.3, 0.4) is 0 Å². The number of nitrogens with one attached hydrogen (secondary N) is 1. The molecule has 1 aliphatic rings. The number of nitro groups is 1. The molecule has 0 amide bonds. The van der Waals surface area contributed by atoms with E-state index in [1.807, 2.05) is 6.92 Å². The molecule has 0 aliphatic carbocycles. The van der Waals surface area contributed by atoms with Crippen LogP contribution in [0.1, 0.15) is 6.92 Å². The quantitative estimate of drug-likeness (QED) is 0.662. The summed E-state index contributed by atoms with van der Waals surface area (Å²) in [5, 5.41) is 13.7. The van der Waals surface area contributed by atoms with Crippen molar-refractivity contribution in [3.05, 3.63) is 34.4 Å². The van der Waals surface area contributed by atoms with E-state index < -0.39 is 14.9 Å². The van der Waals surface area contributed by atoms with Crippen LogP contribution in [-0.4, -0.2) is 43.3 Å². The second-order valence-corrected chi connectivity index (χ2v) is 6.41. The lowest BCUT2D eigenvalue weighted by Crippen LogP contribution is -2.51. The summed E-state index contributed by atoms with van der Waals surface area (Å²) in [6.45, 7) is 3.33. The summed E-state index contributed by atoms with van der Waals surface area (Å²) in [5.74, 6) is 0. The van der Waals surface area contributed by atoms with Gasteiger partial charge in [-0.3, -0.25) is 10.1 Å². The highest BCUT2D eigenvalue weighted by Gasteiger charge is 2.28. The molecule has 1 aromatic carbocycles. The number of piperazine rings is 1. The maximum Gasteiger partial charge on any atom is 0.269 e. The molecule has 1 aliphatic heterocycles. The molecule has 1 fully saturated rings. The third-order valence-corrected chi connectivity index (χ3v) is 4.90. The van der Waals surface area contributed by atoms with E-state index in [-0.39, 0.29) is 29.0 Å². The summed E-state index contributed by atoms with van der Waals surface area (Å²) in [6, 6.07) is 5.07. The monoisotopic (exact) mass is 321 g/mol. The van der Waals surface area contributed by atoms with Crippen LogP contribution in [0.5, 0.6) is 0 Å². The topological polar surface area (TPSA) is 92.5 Å². The molecule has 7 nitrogen and oxygen atoms in total. The first-order chi connectivity index (χ1) is 8.91. The molecule has 1 N–H and O–H groups in total. The normalized spacial score (nSPS) is 20.1. The van der Waals surface area contributed by atoms with Crippen LogP contribution in [0.25, 0.3) is 0 Å². The van der Waals surface area contributed by atoms with Crippen LogP contribution in [0.4, 0.5) is 5.69 Å². The van der Waals surface area contributed by atoms with Gasteiger partial charge in [0.1, 0.15) is 0 Å². The molecule has 0 aromatic heterocycles. The van der Waals surface area contributed by atoms with Crippen molar-refractivity contribution < 1.29 is 13.3 Å². The maximum atomic E-state index is 12.3. The zero-order chi connectivity index (χ0) is 14.0. The Hall–Kier alpha value is -1.22. The van der Waals surface area contributed by atoms with Crippen LogP contribution in [0.2, 0.25) is 0 Å². The zero-order valence-corrected chi connectivity index (χ0v) is 12.5. The van der Waals surface area contributed by atoms with E-state index in [0.29, 0.717) is 19.6 Å². The number of hydrogen-bond acceptors (Lipinski definition) is 5. The van der Waals surface area contributed by atoms with Gasteiger partial charge in [-0.1, -0.05) is 0 Å². The van der Waals surface area contributed by atoms with E-state index in [0.717, 1.165) is 0 Å². The third-order valence-electron chi connectivity index (χ3n) is 3.02. The molecule has 1 atom stereocenters. The number of nitrogens with zero attached hydrogens (tertiary/aromatic N) is 2. The maximum absolute atomic E-state index is 12.3. The summed E-state index contributed by atoms with van der Waals surface area (Å²) in [4.78, 5) is 10.1. The molecule has 20 heavy (non-hydrogen) atoms. The number of non-ortho nitro benzene ring substituents is 1. The van der Waals surface area contributed by atoms with Crippen molar-refractivity contribution in [3.8, 4) is 0 Å². The van der Waals surface area contributed by atoms with Crippen LogP contribution < -0.4 is 5.32 Å². The molecule has 2 rings (SSSR count). The Morgan fingerprint density at radius 1 is 1.35 bits per heavy atom. The Bertz CT molecular complexity index is 576. The molecule has 1 aromatic rings. The van der Waals surface area contributed by atoms with Gasteiger partial charge in [0, 0.05) is 37.8 Å². The summed E-state index contributed by atoms with van der Waals surface area (Å²) < 4.78 is 26.1. The zero-order valence-electron chi connectivity index (χ0n) is 10.9. The van der Waals surface area contributed by atoms with Crippen molar-refractivity contribution in [1.82, 2.24) is 9.62 Å². The minimum Gasteiger partial charge on any atom is -0.312 e. The van der Waals surface area contributed by atoms with Gasteiger partial charge in [-0.25, -0.2) is 8.42 Å². The Morgan fingerprint density at radius 2 is 1.95 bits per heavy atom. The fraction of sp³-hybridized carbons (Fsp3) is 0.455. The fourth-order valence-corrected chi connectivity index (χ4v) is 3.53. The summed E-state index contributed by atoms with van der Waals surface area (Å²) in [7, 11) is -3.57. The number of nitro benzene ring substituents is 1. The highest BCUT2D eigenvalue weighted by Crippen LogP contribution is 2.20. The Kier molecular flexibility index (Phi) is 5.46. The van der Waals surface area contributed by atoms with E-state index in [2.05, 4.69) is 5.32 Å². The molecule has 0 radical (unpaired) electrons. The third kappa shape index (κ3) is 3.45. The van der Waals surface area contributed by atoms with Crippen molar-refractivity contribution in [2.24, 2.45) is 0 Å². The first kappa shape index (κ1) is 16.8. The molecule has 0 saturated carbocycles. The first-order valence-corrected chi connectivity index (χ1v) is 7.33. The minimum absolute atomic E-state index is 0. The number of halogens is 1. The molecule has 0 spiro atoms. The molecule has 0 unspecified atom stereocenters. The van der Waals surface area contributed by atoms with E-state index >= 15 is 0 Å². The van der Waals surface area contributed by atoms with Gasteiger partial charge in [0.25, 0.3) is 5.69 Å². The van der Waals surface area contributed by atoms with E-state index in [4.69, 9.17) is 0 Å². The largest absolute Gasteiger partial charge is 0.312 e. The Balaban J connectivity index is 0.00000200. The number of hydrogen-bond donors (Lipinski definition) is 1. The standard InChI is InChI=1S/C11H15N3O4S.ClH/c1-9-8-13(7-6-12-9)19(17,18)11-4-2-10(3-5-11)14(15)16;/h2-5,9,12H,6-8H2,1H3;1H/t9-;/m1./s1. The van der Waals surface area contributed by atoms with Crippen molar-refractivity contribution in [1.29, 1.82) is 0 Å². The highest BCUT2D eigenvalue weighted by atomic mass is 35.5. The second-order valence-electron chi connectivity index (χ2n) is 4.47. The van der Waals surface area contributed by atoms with Crippen molar-refractivity contribution >= 4 is 28.1 Å². The van der Waals surface area contributed by atoms with Gasteiger partial charge >= 0.3 is 0 Å². The fourth-order valence-electron chi connectivity index (χ4n) is 2.00. The van der Waals surface area contributed by atoms with Crippen LogP contribution in [-0.2, 0) is 10.0 Å². The average molecular weight is 322 g/mol. The van der Waals surface area contributed by atoms with Crippen molar-refractivity contribution in [2.45, 2.75) is 17.9 Å². The summed E-state index contributed by atoms with van der Waals surface area (Å²) >= 11 is 0. The lowest BCUT2D eigenvalue weighted by molar-refractivity contribution is -0.384. The average Bonchev–Trinajstić information content (AvgIpc) is 2.39. The lowest BCUT2D eigenvalue weighted by Gasteiger charge is -2.30. The van der Waals surface area contributed by atoms with Gasteiger partial charge in [-0.05, 0) is 19.1 Å². The SMILES string of the molecule is C[C@@H]1CN(S(=O)(=O)c2ccc([N+](=O)[O-])cc2)CCN1.Cl.